The summed E-state index contributed by atoms with van der Waals surface area (Å²) in [6.45, 7) is 3.32. The van der Waals surface area contributed by atoms with Crippen LogP contribution < -0.4 is 5.73 Å². The number of amides is 1. The van der Waals surface area contributed by atoms with E-state index in [0.29, 0.717) is 29.4 Å². The van der Waals surface area contributed by atoms with Gasteiger partial charge in [0.2, 0.25) is 0 Å². The maximum absolute atomic E-state index is 12.5. The van der Waals surface area contributed by atoms with Gasteiger partial charge in [0.05, 0.1) is 10.7 Å². The highest BCUT2D eigenvalue weighted by molar-refractivity contribution is 6.33. The predicted molar refractivity (Wildman–Crippen MR) is 87.6 cm³/mol. The summed E-state index contributed by atoms with van der Waals surface area (Å²) in [5.74, 6) is -0.0169. The average Bonchev–Trinajstić information content (AvgIpc) is 2.51. The number of anilines is 1. The molecule has 1 amide bonds. The molecule has 0 saturated carbocycles. The van der Waals surface area contributed by atoms with Gasteiger partial charge in [-0.3, -0.25) is 4.79 Å². The Labute approximate surface area is 130 Å². The lowest BCUT2D eigenvalue weighted by Crippen LogP contribution is -2.32. The summed E-state index contributed by atoms with van der Waals surface area (Å²) in [5.41, 5.74) is 7.99. The van der Waals surface area contributed by atoms with E-state index < -0.39 is 0 Å². The van der Waals surface area contributed by atoms with Gasteiger partial charge in [0.1, 0.15) is 0 Å². The Bertz CT molecular complexity index is 613. The zero-order valence-corrected chi connectivity index (χ0v) is 12.8. The topological polar surface area (TPSA) is 46.3 Å². The van der Waals surface area contributed by atoms with Crippen LogP contribution >= 0.6 is 11.6 Å². The molecule has 0 saturated heterocycles. The number of nitrogens with two attached hydrogens (primary N) is 1. The quantitative estimate of drug-likeness (QED) is 0.857. The van der Waals surface area contributed by atoms with Crippen LogP contribution in [0.25, 0.3) is 0 Å². The van der Waals surface area contributed by atoms with Crippen molar-refractivity contribution in [2.24, 2.45) is 0 Å². The van der Waals surface area contributed by atoms with Gasteiger partial charge in [0.15, 0.2) is 0 Å². The monoisotopic (exact) mass is 302 g/mol. The van der Waals surface area contributed by atoms with Crippen LogP contribution in [0.4, 0.5) is 5.69 Å². The summed E-state index contributed by atoms with van der Waals surface area (Å²) in [5, 5.41) is 0.471. The van der Waals surface area contributed by atoms with E-state index >= 15 is 0 Å². The average molecular weight is 303 g/mol. The number of nitrogens with zero attached hydrogens (tertiary/aromatic N) is 1. The molecular weight excluding hydrogens is 284 g/mol. The van der Waals surface area contributed by atoms with Gasteiger partial charge in [-0.05, 0) is 37.1 Å². The van der Waals surface area contributed by atoms with E-state index in [2.05, 4.69) is 12.1 Å². The molecule has 2 rings (SSSR count). The first-order valence-corrected chi connectivity index (χ1v) is 7.38. The van der Waals surface area contributed by atoms with E-state index in [1.54, 1.807) is 18.2 Å². The second-order valence-corrected chi connectivity index (χ2v) is 5.26. The Balaban J connectivity index is 2.06. The van der Waals surface area contributed by atoms with Crippen molar-refractivity contribution in [2.45, 2.75) is 13.3 Å². The van der Waals surface area contributed by atoms with Crippen molar-refractivity contribution in [1.82, 2.24) is 4.90 Å². The molecule has 4 heteroatoms. The number of nitrogen functional groups attached to an aromatic ring is 1. The largest absolute Gasteiger partial charge is 0.398 e. The third-order valence-corrected chi connectivity index (χ3v) is 3.77. The molecule has 0 atom stereocenters. The molecule has 0 bridgehead atoms. The highest BCUT2D eigenvalue weighted by atomic mass is 35.5. The standard InChI is InChI=1S/C17H19ClN2O/c1-2-20(11-10-13-6-4-3-5-7-13)17(21)14-8-9-15(18)16(19)12-14/h3-9,12H,2,10-11,19H2,1H3. The number of halogens is 1. The van der Waals surface area contributed by atoms with Crippen LogP contribution in [0.1, 0.15) is 22.8 Å². The van der Waals surface area contributed by atoms with Gasteiger partial charge in [-0.1, -0.05) is 41.9 Å². The molecule has 0 heterocycles. The first kappa shape index (κ1) is 15.4. The van der Waals surface area contributed by atoms with Crippen LogP contribution in [0.15, 0.2) is 48.5 Å². The minimum Gasteiger partial charge on any atom is -0.398 e. The summed E-state index contributed by atoms with van der Waals surface area (Å²) in [6.07, 6.45) is 0.837. The second kappa shape index (κ2) is 7.14. The Morgan fingerprint density at radius 1 is 1.19 bits per heavy atom. The van der Waals surface area contributed by atoms with Crippen LogP contribution in [-0.2, 0) is 6.42 Å². The number of likely N-dealkylation sites (N-methyl/N-ethyl adjacent to an activating group) is 1. The van der Waals surface area contributed by atoms with Gasteiger partial charge in [-0.25, -0.2) is 0 Å². The van der Waals surface area contributed by atoms with Crippen molar-refractivity contribution >= 4 is 23.2 Å². The van der Waals surface area contributed by atoms with Crippen molar-refractivity contribution in [2.75, 3.05) is 18.8 Å². The molecule has 0 aliphatic rings. The van der Waals surface area contributed by atoms with Gasteiger partial charge in [-0.2, -0.15) is 0 Å². The van der Waals surface area contributed by atoms with Gasteiger partial charge in [-0.15, -0.1) is 0 Å². The molecule has 2 N–H and O–H groups in total. The summed E-state index contributed by atoms with van der Waals surface area (Å²) in [4.78, 5) is 14.3. The van der Waals surface area contributed by atoms with Crippen LogP contribution in [-0.4, -0.2) is 23.9 Å². The van der Waals surface area contributed by atoms with E-state index in [-0.39, 0.29) is 5.91 Å². The van der Waals surface area contributed by atoms with E-state index in [1.165, 1.54) is 5.56 Å². The molecular formula is C17H19ClN2O. The number of benzene rings is 2. The number of hydrogen-bond donors (Lipinski definition) is 1. The summed E-state index contributed by atoms with van der Waals surface area (Å²) >= 11 is 5.89. The van der Waals surface area contributed by atoms with Crippen molar-refractivity contribution in [3.05, 3.63) is 64.7 Å². The smallest absolute Gasteiger partial charge is 0.253 e. The van der Waals surface area contributed by atoms with Crippen LogP contribution in [0.3, 0.4) is 0 Å². The number of carbonyl (C=O) groups excluding carboxylic acids is 1. The maximum Gasteiger partial charge on any atom is 0.253 e. The van der Waals surface area contributed by atoms with E-state index in [9.17, 15) is 4.79 Å². The Hall–Kier alpha value is -2.00. The van der Waals surface area contributed by atoms with Crippen LogP contribution in [0.5, 0.6) is 0 Å². The number of hydrogen-bond acceptors (Lipinski definition) is 2. The molecule has 0 unspecified atom stereocenters. The molecule has 3 nitrogen and oxygen atoms in total. The number of carbonyl (C=O) groups is 1. The molecule has 2 aromatic carbocycles. The van der Waals surface area contributed by atoms with Crippen LogP contribution in [0, 0.1) is 0 Å². The fourth-order valence-electron chi connectivity index (χ4n) is 2.17. The first-order chi connectivity index (χ1) is 10.1. The molecule has 0 aliphatic heterocycles. The normalized spacial score (nSPS) is 10.4. The zero-order valence-electron chi connectivity index (χ0n) is 12.1. The molecule has 0 aromatic heterocycles. The zero-order chi connectivity index (χ0) is 15.2. The minimum absolute atomic E-state index is 0.0169. The molecule has 0 fully saturated rings. The summed E-state index contributed by atoms with van der Waals surface area (Å²) < 4.78 is 0. The van der Waals surface area contributed by atoms with Gasteiger partial charge in [0, 0.05) is 18.7 Å². The van der Waals surface area contributed by atoms with E-state index in [0.717, 1.165) is 6.42 Å². The SMILES string of the molecule is CCN(CCc1ccccc1)C(=O)c1ccc(Cl)c(N)c1. The fourth-order valence-corrected chi connectivity index (χ4v) is 2.29. The first-order valence-electron chi connectivity index (χ1n) is 7.00. The summed E-state index contributed by atoms with van der Waals surface area (Å²) in [7, 11) is 0. The second-order valence-electron chi connectivity index (χ2n) is 4.86. The molecule has 0 radical (unpaired) electrons. The summed E-state index contributed by atoms with van der Waals surface area (Å²) in [6, 6.07) is 15.2. The van der Waals surface area contributed by atoms with Crippen molar-refractivity contribution in [3.8, 4) is 0 Å². The van der Waals surface area contributed by atoms with Crippen LogP contribution in [0.2, 0.25) is 5.02 Å². The lowest BCUT2D eigenvalue weighted by atomic mass is 10.1. The Kier molecular flexibility index (Phi) is 5.23. The molecule has 0 aliphatic carbocycles. The van der Waals surface area contributed by atoms with E-state index in [1.807, 2.05) is 30.0 Å². The lowest BCUT2D eigenvalue weighted by molar-refractivity contribution is 0.0766. The maximum atomic E-state index is 12.5. The van der Waals surface area contributed by atoms with Crippen molar-refractivity contribution in [1.29, 1.82) is 0 Å². The van der Waals surface area contributed by atoms with Gasteiger partial charge >= 0.3 is 0 Å². The van der Waals surface area contributed by atoms with Crippen molar-refractivity contribution < 1.29 is 4.79 Å². The van der Waals surface area contributed by atoms with Crippen molar-refractivity contribution in [3.63, 3.8) is 0 Å². The Morgan fingerprint density at radius 3 is 2.52 bits per heavy atom. The third-order valence-electron chi connectivity index (χ3n) is 3.43. The lowest BCUT2D eigenvalue weighted by Gasteiger charge is -2.21. The van der Waals surface area contributed by atoms with Gasteiger partial charge in [0.25, 0.3) is 5.91 Å². The third kappa shape index (κ3) is 3.99. The molecule has 110 valence electrons. The van der Waals surface area contributed by atoms with E-state index in [4.69, 9.17) is 17.3 Å². The highest BCUT2D eigenvalue weighted by Gasteiger charge is 2.14. The molecule has 0 spiro atoms. The fraction of sp³-hybridized carbons (Fsp3) is 0.235. The Morgan fingerprint density at radius 2 is 1.90 bits per heavy atom. The predicted octanol–water partition coefficient (Wildman–Crippen LogP) is 3.63. The molecule has 21 heavy (non-hydrogen) atoms. The highest BCUT2D eigenvalue weighted by Crippen LogP contribution is 2.20. The molecule has 2 aromatic rings. The number of rotatable bonds is 5. The van der Waals surface area contributed by atoms with Gasteiger partial charge < -0.3 is 10.6 Å². The minimum atomic E-state index is -0.0169.